The molecule has 0 spiro atoms. The lowest BCUT2D eigenvalue weighted by atomic mass is 10.2. The zero-order valence-electron chi connectivity index (χ0n) is 14.5. The second-order valence-electron chi connectivity index (χ2n) is 5.59. The number of benzene rings is 2. The topological polar surface area (TPSA) is 101 Å². The highest BCUT2D eigenvalue weighted by Gasteiger charge is 2.10. The van der Waals surface area contributed by atoms with Crippen molar-refractivity contribution in [3.8, 4) is 11.8 Å². The normalized spacial score (nSPS) is 10.2. The molecule has 0 bridgehead atoms. The summed E-state index contributed by atoms with van der Waals surface area (Å²) < 4.78 is 11.0. The number of nitrogens with zero attached hydrogens (tertiary/aromatic N) is 3. The van der Waals surface area contributed by atoms with Gasteiger partial charge < -0.3 is 14.5 Å². The fraction of sp³-hybridized carbons (Fsp3) is 0.158. The smallest absolute Gasteiger partial charge is 0.277 e. The number of nitriles is 1. The van der Waals surface area contributed by atoms with Crippen LogP contribution in [0.4, 0.5) is 5.69 Å². The Balaban J connectivity index is 1.45. The van der Waals surface area contributed by atoms with Crippen molar-refractivity contribution in [3.05, 3.63) is 65.5 Å². The molecule has 0 atom stereocenters. The first-order valence-electron chi connectivity index (χ1n) is 8.07. The summed E-state index contributed by atoms with van der Waals surface area (Å²) >= 11 is 1.15. The van der Waals surface area contributed by atoms with E-state index in [1.807, 2.05) is 37.3 Å². The number of rotatable bonds is 7. The molecule has 0 radical (unpaired) electrons. The molecule has 7 nitrogen and oxygen atoms in total. The molecule has 1 N–H and O–H groups in total. The maximum Gasteiger partial charge on any atom is 0.277 e. The quantitative estimate of drug-likeness (QED) is 0.625. The van der Waals surface area contributed by atoms with Gasteiger partial charge in [-0.15, -0.1) is 10.2 Å². The maximum atomic E-state index is 12.0. The number of aromatic nitrogens is 2. The van der Waals surface area contributed by atoms with Crippen LogP contribution in [0.25, 0.3) is 0 Å². The zero-order valence-corrected chi connectivity index (χ0v) is 15.3. The van der Waals surface area contributed by atoms with Crippen molar-refractivity contribution in [2.24, 2.45) is 0 Å². The first-order valence-corrected chi connectivity index (χ1v) is 9.05. The minimum Gasteiger partial charge on any atom is -0.484 e. The first kappa shape index (κ1) is 18.5. The van der Waals surface area contributed by atoms with Gasteiger partial charge in [-0.3, -0.25) is 4.79 Å². The molecule has 0 saturated heterocycles. The molecule has 2 aromatic carbocycles. The standard InChI is InChI=1S/C19H16N4O3S/c1-13-2-6-15(7-3-13)21-17(24)12-27-19-23-22-18(26-19)11-25-16-8-4-14(10-20)5-9-16/h2-9H,11-12H2,1H3,(H,21,24). The van der Waals surface area contributed by atoms with Crippen molar-refractivity contribution in [1.29, 1.82) is 5.26 Å². The fourth-order valence-corrected chi connectivity index (χ4v) is 2.67. The van der Waals surface area contributed by atoms with Crippen LogP contribution >= 0.6 is 11.8 Å². The maximum absolute atomic E-state index is 12.0. The molecule has 0 aliphatic carbocycles. The average molecular weight is 380 g/mol. The lowest BCUT2D eigenvalue weighted by Gasteiger charge is -2.04. The van der Waals surface area contributed by atoms with E-state index in [-0.39, 0.29) is 18.3 Å². The number of amides is 1. The molecule has 3 rings (SSSR count). The molecule has 1 amide bonds. The van der Waals surface area contributed by atoms with E-state index < -0.39 is 0 Å². The number of thioether (sulfide) groups is 1. The minimum absolute atomic E-state index is 0.106. The van der Waals surface area contributed by atoms with Gasteiger partial charge in [-0.1, -0.05) is 29.5 Å². The number of hydrogen-bond acceptors (Lipinski definition) is 7. The Morgan fingerprint density at radius 3 is 2.63 bits per heavy atom. The average Bonchev–Trinajstić information content (AvgIpc) is 3.15. The van der Waals surface area contributed by atoms with E-state index in [0.29, 0.717) is 22.4 Å². The summed E-state index contributed by atoms with van der Waals surface area (Å²) in [5.41, 5.74) is 2.43. The van der Waals surface area contributed by atoms with Gasteiger partial charge in [0, 0.05) is 5.69 Å². The second kappa shape index (κ2) is 8.87. The predicted octanol–water partition coefficient (Wildman–Crippen LogP) is 3.56. The Morgan fingerprint density at radius 2 is 1.93 bits per heavy atom. The molecule has 136 valence electrons. The van der Waals surface area contributed by atoms with Gasteiger partial charge in [-0.2, -0.15) is 5.26 Å². The largest absolute Gasteiger partial charge is 0.484 e. The molecule has 0 saturated carbocycles. The molecule has 1 aromatic heterocycles. The Bertz CT molecular complexity index is 946. The van der Waals surface area contributed by atoms with Crippen molar-refractivity contribution in [2.45, 2.75) is 18.8 Å². The highest BCUT2D eigenvalue weighted by Crippen LogP contribution is 2.18. The number of anilines is 1. The fourth-order valence-electron chi connectivity index (χ4n) is 2.09. The summed E-state index contributed by atoms with van der Waals surface area (Å²) in [6.45, 7) is 2.09. The van der Waals surface area contributed by atoms with Gasteiger partial charge in [-0.05, 0) is 43.3 Å². The minimum atomic E-state index is -0.155. The number of aryl methyl sites for hydroxylation is 1. The third-order valence-electron chi connectivity index (χ3n) is 3.46. The van der Waals surface area contributed by atoms with Crippen molar-refractivity contribution in [3.63, 3.8) is 0 Å². The van der Waals surface area contributed by atoms with Crippen LogP contribution in [0.1, 0.15) is 17.0 Å². The van der Waals surface area contributed by atoms with E-state index in [1.54, 1.807) is 24.3 Å². The summed E-state index contributed by atoms with van der Waals surface area (Å²) in [6, 6.07) is 16.3. The molecule has 0 unspecified atom stereocenters. The monoisotopic (exact) mass is 380 g/mol. The summed E-state index contributed by atoms with van der Waals surface area (Å²) in [5.74, 6) is 0.906. The number of carbonyl (C=O) groups is 1. The summed E-state index contributed by atoms with van der Waals surface area (Å²) in [5, 5.41) is 19.7. The molecule has 0 aliphatic heterocycles. The number of nitrogens with one attached hydrogen (secondary N) is 1. The van der Waals surface area contributed by atoms with Crippen LogP contribution in [0.3, 0.4) is 0 Å². The van der Waals surface area contributed by atoms with Crippen molar-refractivity contribution < 1.29 is 13.9 Å². The highest BCUT2D eigenvalue weighted by atomic mass is 32.2. The van der Waals surface area contributed by atoms with Crippen LogP contribution in [0, 0.1) is 18.3 Å². The summed E-state index contributed by atoms with van der Waals surface area (Å²) in [7, 11) is 0. The lowest BCUT2D eigenvalue weighted by Crippen LogP contribution is -2.13. The Morgan fingerprint density at radius 1 is 1.19 bits per heavy atom. The Hall–Kier alpha value is -3.31. The highest BCUT2D eigenvalue weighted by molar-refractivity contribution is 7.99. The number of carbonyl (C=O) groups excluding carboxylic acids is 1. The Labute approximate surface area is 160 Å². The van der Waals surface area contributed by atoms with E-state index >= 15 is 0 Å². The van der Waals surface area contributed by atoms with Crippen molar-refractivity contribution in [2.75, 3.05) is 11.1 Å². The second-order valence-corrected chi connectivity index (χ2v) is 6.52. The van der Waals surface area contributed by atoms with Crippen molar-refractivity contribution in [1.82, 2.24) is 10.2 Å². The van der Waals surface area contributed by atoms with E-state index in [9.17, 15) is 4.79 Å². The van der Waals surface area contributed by atoms with E-state index in [2.05, 4.69) is 15.5 Å². The van der Waals surface area contributed by atoms with Crippen LogP contribution in [-0.4, -0.2) is 21.9 Å². The van der Waals surface area contributed by atoms with E-state index in [0.717, 1.165) is 23.0 Å². The molecule has 0 fully saturated rings. The van der Waals surface area contributed by atoms with Crippen LogP contribution in [-0.2, 0) is 11.4 Å². The molecular weight excluding hydrogens is 364 g/mol. The van der Waals surface area contributed by atoms with Gasteiger partial charge in [0.05, 0.1) is 17.4 Å². The molecule has 1 heterocycles. The SMILES string of the molecule is Cc1ccc(NC(=O)CSc2nnc(COc3ccc(C#N)cc3)o2)cc1. The molecule has 27 heavy (non-hydrogen) atoms. The number of ether oxygens (including phenoxy) is 1. The van der Waals surface area contributed by atoms with Gasteiger partial charge in [-0.25, -0.2) is 0 Å². The third kappa shape index (κ3) is 5.59. The Kier molecular flexibility index (Phi) is 6.07. The van der Waals surface area contributed by atoms with Crippen molar-refractivity contribution >= 4 is 23.4 Å². The first-order chi connectivity index (χ1) is 13.1. The summed E-state index contributed by atoms with van der Waals surface area (Å²) in [6.07, 6.45) is 0. The van der Waals surface area contributed by atoms with Crippen LogP contribution in [0.15, 0.2) is 58.2 Å². The van der Waals surface area contributed by atoms with E-state index in [4.69, 9.17) is 14.4 Å². The zero-order chi connectivity index (χ0) is 19.1. The van der Waals surface area contributed by atoms with Gasteiger partial charge in [0.2, 0.25) is 5.91 Å². The van der Waals surface area contributed by atoms with Crippen LogP contribution in [0.2, 0.25) is 0 Å². The van der Waals surface area contributed by atoms with Gasteiger partial charge in [0.1, 0.15) is 5.75 Å². The van der Waals surface area contributed by atoms with E-state index in [1.165, 1.54) is 0 Å². The lowest BCUT2D eigenvalue weighted by molar-refractivity contribution is -0.113. The van der Waals surface area contributed by atoms with Gasteiger partial charge in [0.25, 0.3) is 11.1 Å². The number of hydrogen-bond donors (Lipinski definition) is 1. The molecule has 0 aliphatic rings. The molecule has 3 aromatic rings. The summed E-state index contributed by atoms with van der Waals surface area (Å²) in [4.78, 5) is 12.0. The molecular formula is C19H16N4O3S. The third-order valence-corrected chi connectivity index (χ3v) is 4.27. The van der Waals surface area contributed by atoms with Gasteiger partial charge in [0.15, 0.2) is 6.61 Å². The van der Waals surface area contributed by atoms with Crippen LogP contribution < -0.4 is 10.1 Å². The van der Waals surface area contributed by atoms with Gasteiger partial charge >= 0.3 is 0 Å². The predicted molar refractivity (Wildman–Crippen MR) is 100 cm³/mol. The van der Waals surface area contributed by atoms with Crippen LogP contribution in [0.5, 0.6) is 5.75 Å². The molecule has 8 heteroatoms.